The zero-order valence-corrected chi connectivity index (χ0v) is 38.9. The summed E-state index contributed by atoms with van der Waals surface area (Å²) in [7, 11) is 3.22. The van der Waals surface area contributed by atoms with Gasteiger partial charge in [0, 0.05) is 57.7 Å². The van der Waals surface area contributed by atoms with Gasteiger partial charge in [-0.15, -0.1) is 0 Å². The van der Waals surface area contributed by atoms with Crippen LogP contribution < -0.4 is 0 Å². The zero-order chi connectivity index (χ0) is 45.4. The van der Waals surface area contributed by atoms with Crippen molar-refractivity contribution in [3.63, 3.8) is 0 Å². The molecule has 4 saturated heterocycles. The van der Waals surface area contributed by atoms with Gasteiger partial charge >= 0.3 is 5.97 Å². The summed E-state index contributed by atoms with van der Waals surface area (Å²) in [6.45, 7) is 16.3. The average Bonchev–Trinajstić information content (AvgIpc) is 3.25. The van der Waals surface area contributed by atoms with Crippen LogP contribution in [0.5, 0.6) is 0 Å². The van der Waals surface area contributed by atoms with Crippen molar-refractivity contribution in [1.82, 2.24) is 0 Å². The molecule has 7 rings (SSSR count). The lowest BCUT2D eigenvalue weighted by molar-refractivity contribution is -0.318. The first-order valence-corrected chi connectivity index (χ1v) is 23.3. The number of ether oxygens (including phenoxy) is 10. The van der Waals surface area contributed by atoms with E-state index >= 15 is 0 Å². The Morgan fingerprint density at radius 1 is 0.889 bits per heavy atom. The van der Waals surface area contributed by atoms with Crippen molar-refractivity contribution in [3.8, 4) is 0 Å². The molecule has 1 spiro atoms. The van der Waals surface area contributed by atoms with Crippen LogP contribution in [-0.2, 0) is 52.2 Å². The summed E-state index contributed by atoms with van der Waals surface area (Å²) in [6.07, 6.45) is 9.81. The van der Waals surface area contributed by atoms with Crippen molar-refractivity contribution >= 4 is 5.97 Å². The van der Waals surface area contributed by atoms with Gasteiger partial charge in [0.25, 0.3) is 0 Å². The maximum Gasteiger partial charge on any atom is 0.316 e. The fourth-order valence-electron chi connectivity index (χ4n) is 10.9. The number of carbonyl (C=O) groups excluding carboxylic acids is 1. The van der Waals surface area contributed by atoms with Gasteiger partial charge in [-0.05, 0) is 62.8 Å². The van der Waals surface area contributed by atoms with Crippen LogP contribution >= 0.6 is 0 Å². The lowest BCUT2D eigenvalue weighted by Gasteiger charge is -2.50. The number of aliphatic hydroxyl groups is 3. The number of carbonyl (C=O) groups is 1. The van der Waals surface area contributed by atoms with Crippen molar-refractivity contribution in [3.05, 3.63) is 59.3 Å². The molecule has 7 aliphatic rings. The smallest absolute Gasteiger partial charge is 0.316 e. The van der Waals surface area contributed by atoms with Gasteiger partial charge in [-0.1, -0.05) is 70.6 Å². The van der Waals surface area contributed by atoms with E-state index < -0.39 is 90.6 Å². The molecule has 6 aliphatic heterocycles. The number of hydrogen-bond donors (Lipinski definition) is 3. The highest BCUT2D eigenvalue weighted by Crippen LogP contribution is 2.47. The molecule has 0 saturated carbocycles. The molecule has 63 heavy (non-hydrogen) atoms. The normalized spacial score (nSPS) is 48.7. The monoisotopic (exact) mass is 887 g/mol. The molecule has 0 radical (unpaired) electrons. The SMILES string of the molecule is CC[C@H](C)[C@@H]1O[C@]2(C=C[C@@H]1C)C[C@H]1C[C@@H](C/C=C(\C)[C@H](O[C@@H]3C[C@H](OC)[C@H](O[C@@H]4C[C@H](OC)[C@H](O)[C@H](C)O4)[C@H](C)O3)[C@H](C)/C=C/C=C3\COC[C@@H]4[C@H](O)C(C)=C[C@@H](C(=O)O1)[C@]34O)O2. The standard InChI is InChI=1S/C49H74O14/c1-11-26(2)45-29(5)17-18-48(63-45)23-35-20-34(62-48)16-15-28(4)44(60-41-22-39(55-10)46(32(8)58-41)61-40-21-38(54-9)43(51)31(7)57-40)27(3)13-12-14-33-24-56-25-37-42(50)30(6)19-36(47(52)59-35)49(33,37)53/h12-15,17-19,26-27,29,31-32,34-46,50-51,53H,11,16,20-25H2,1-10H3/b13-12+,28-15+,33-14+/t26-,27+,29-,31-,32-,34+,35+,36-,37+,38-,39-,40+,41+,42+,43+,44+,45-,46+,48+,49+/m0/s1. The van der Waals surface area contributed by atoms with Gasteiger partial charge in [0.2, 0.25) is 0 Å². The fraction of sp³-hybridized carbons (Fsp3) is 0.776. The molecule has 20 atom stereocenters. The van der Waals surface area contributed by atoms with Crippen LogP contribution in [0.3, 0.4) is 0 Å². The summed E-state index contributed by atoms with van der Waals surface area (Å²) in [5, 5.41) is 34.6. The minimum absolute atomic E-state index is 0.0806. The van der Waals surface area contributed by atoms with Crippen LogP contribution in [0.1, 0.15) is 93.9 Å². The van der Waals surface area contributed by atoms with Gasteiger partial charge < -0.3 is 62.7 Å². The minimum Gasteiger partial charge on any atom is -0.462 e. The first kappa shape index (κ1) is 48.6. The molecule has 14 heteroatoms. The maximum absolute atomic E-state index is 14.5. The zero-order valence-electron chi connectivity index (χ0n) is 38.9. The van der Waals surface area contributed by atoms with Gasteiger partial charge in [-0.25, -0.2) is 0 Å². The molecule has 0 aromatic rings. The van der Waals surface area contributed by atoms with Crippen molar-refractivity contribution in [2.24, 2.45) is 29.6 Å². The van der Waals surface area contributed by atoms with E-state index in [0.29, 0.717) is 43.3 Å². The van der Waals surface area contributed by atoms with E-state index in [1.807, 2.05) is 32.1 Å². The van der Waals surface area contributed by atoms with Crippen molar-refractivity contribution in [2.75, 3.05) is 27.4 Å². The number of allylic oxidation sites excluding steroid dienone is 2. The summed E-state index contributed by atoms with van der Waals surface area (Å²) in [6, 6.07) is 0. The van der Waals surface area contributed by atoms with Gasteiger partial charge in [0.05, 0.1) is 62.0 Å². The van der Waals surface area contributed by atoms with E-state index in [-0.39, 0.29) is 49.3 Å². The van der Waals surface area contributed by atoms with E-state index in [1.54, 1.807) is 40.2 Å². The lowest BCUT2D eigenvalue weighted by atomic mass is 9.64. The molecule has 6 heterocycles. The second kappa shape index (κ2) is 20.3. The topological polar surface area (TPSA) is 170 Å². The number of esters is 1. The van der Waals surface area contributed by atoms with Crippen LogP contribution in [0.15, 0.2) is 59.3 Å². The average molecular weight is 887 g/mol. The Labute approximate surface area is 373 Å². The van der Waals surface area contributed by atoms with Gasteiger partial charge in [-0.3, -0.25) is 4.79 Å². The third-order valence-corrected chi connectivity index (χ3v) is 14.9. The van der Waals surface area contributed by atoms with E-state index in [1.165, 1.54) is 0 Å². The Kier molecular flexibility index (Phi) is 15.7. The van der Waals surface area contributed by atoms with E-state index in [9.17, 15) is 20.1 Å². The van der Waals surface area contributed by atoms with Crippen LogP contribution in [0.2, 0.25) is 0 Å². The molecule has 0 amide bonds. The quantitative estimate of drug-likeness (QED) is 0.203. The summed E-state index contributed by atoms with van der Waals surface area (Å²) in [5.41, 5.74) is 0.277. The predicted octanol–water partition coefficient (Wildman–Crippen LogP) is 5.63. The molecule has 2 bridgehead atoms. The Balaban J connectivity index is 1.19. The largest absolute Gasteiger partial charge is 0.462 e. The third kappa shape index (κ3) is 10.2. The number of methoxy groups -OCH3 is 2. The first-order chi connectivity index (χ1) is 30.0. The first-order valence-electron chi connectivity index (χ1n) is 23.3. The molecule has 0 unspecified atom stereocenters. The van der Waals surface area contributed by atoms with Crippen molar-refractivity contribution < 1.29 is 67.5 Å². The molecular weight excluding hydrogens is 813 g/mol. The Morgan fingerprint density at radius 2 is 1.60 bits per heavy atom. The Morgan fingerprint density at radius 3 is 2.33 bits per heavy atom. The highest BCUT2D eigenvalue weighted by Gasteiger charge is 2.58. The molecule has 14 nitrogen and oxygen atoms in total. The van der Waals surface area contributed by atoms with Crippen molar-refractivity contribution in [2.45, 2.75) is 185 Å². The minimum atomic E-state index is -1.75. The molecule has 1 aliphatic carbocycles. The van der Waals surface area contributed by atoms with Crippen molar-refractivity contribution in [1.29, 1.82) is 0 Å². The lowest BCUT2D eigenvalue weighted by Crippen LogP contribution is -2.61. The third-order valence-electron chi connectivity index (χ3n) is 14.9. The van der Waals surface area contributed by atoms with E-state index in [4.69, 9.17) is 47.4 Å². The fourth-order valence-corrected chi connectivity index (χ4v) is 10.9. The highest BCUT2D eigenvalue weighted by atomic mass is 16.7. The Bertz CT molecular complexity index is 1740. The van der Waals surface area contributed by atoms with Gasteiger partial charge in [0.15, 0.2) is 18.4 Å². The van der Waals surface area contributed by atoms with Gasteiger partial charge in [0.1, 0.15) is 29.8 Å². The number of rotatable bonds is 8. The van der Waals surface area contributed by atoms with E-state index in [2.05, 4.69) is 39.8 Å². The molecular formula is C49H74O14. The molecule has 4 fully saturated rings. The maximum atomic E-state index is 14.5. The summed E-state index contributed by atoms with van der Waals surface area (Å²) in [4.78, 5) is 14.5. The predicted molar refractivity (Wildman–Crippen MR) is 232 cm³/mol. The van der Waals surface area contributed by atoms with Gasteiger partial charge in [-0.2, -0.15) is 0 Å². The second-order valence-corrected chi connectivity index (χ2v) is 19.3. The van der Waals surface area contributed by atoms with Crippen LogP contribution in [-0.4, -0.2) is 140 Å². The van der Waals surface area contributed by atoms with Crippen LogP contribution in [0.25, 0.3) is 0 Å². The molecule has 0 aromatic heterocycles. The van der Waals surface area contributed by atoms with E-state index in [0.717, 1.165) is 12.0 Å². The number of hydrogen-bond acceptors (Lipinski definition) is 14. The number of aliphatic hydroxyl groups excluding tert-OH is 2. The Hall–Kier alpha value is -2.31. The second-order valence-electron chi connectivity index (χ2n) is 19.3. The summed E-state index contributed by atoms with van der Waals surface area (Å²) in [5.74, 6) is -3.28. The highest BCUT2D eigenvalue weighted by molar-refractivity contribution is 5.78. The van der Waals surface area contributed by atoms with Crippen LogP contribution in [0, 0.1) is 29.6 Å². The molecule has 3 N–H and O–H groups in total. The molecule has 0 aromatic carbocycles. The van der Waals surface area contributed by atoms with Crippen LogP contribution in [0.4, 0.5) is 0 Å². The summed E-state index contributed by atoms with van der Waals surface area (Å²) < 4.78 is 63.7. The molecule has 354 valence electrons. The summed E-state index contributed by atoms with van der Waals surface area (Å²) >= 11 is 0. The number of fused-ring (bicyclic) bond motifs is 2.